The molecule has 0 aromatic heterocycles. The van der Waals surface area contributed by atoms with Crippen molar-refractivity contribution in [3.8, 4) is 5.75 Å². The predicted octanol–water partition coefficient (Wildman–Crippen LogP) is 1.76. The van der Waals surface area contributed by atoms with E-state index in [-0.39, 0.29) is 19.0 Å². The van der Waals surface area contributed by atoms with E-state index in [0.29, 0.717) is 15.8 Å². The summed E-state index contributed by atoms with van der Waals surface area (Å²) in [6, 6.07) is 2.85. The maximum atomic E-state index is 13.6. The number of carbonyl (C=O) groups is 2. The van der Waals surface area contributed by atoms with Gasteiger partial charge in [-0.3, -0.25) is 9.69 Å². The average Bonchev–Trinajstić information content (AvgIpc) is 2.72. The number of cyclic esters (lactones) is 1. The molecule has 2 aliphatic heterocycles. The fourth-order valence-electron chi connectivity index (χ4n) is 2.36. The van der Waals surface area contributed by atoms with Gasteiger partial charge in [0.25, 0.3) is 0 Å². The number of benzene rings is 1. The number of rotatable bonds is 2. The predicted molar refractivity (Wildman–Crippen MR) is 73.0 cm³/mol. The normalized spacial score (nSPS) is 23.0. The quantitative estimate of drug-likeness (QED) is 0.874. The Kier molecular flexibility index (Phi) is 3.48. The first kappa shape index (κ1) is 14.1. The van der Waals surface area contributed by atoms with Crippen molar-refractivity contribution in [3.63, 3.8) is 0 Å². The summed E-state index contributed by atoms with van der Waals surface area (Å²) < 4.78 is 24.8. The van der Waals surface area contributed by atoms with Crippen molar-refractivity contribution in [2.75, 3.05) is 6.54 Å². The molecule has 1 fully saturated rings. The van der Waals surface area contributed by atoms with E-state index in [4.69, 9.17) is 9.47 Å². The van der Waals surface area contributed by atoms with Crippen LogP contribution in [0.15, 0.2) is 16.6 Å². The van der Waals surface area contributed by atoms with Crippen LogP contribution in [-0.4, -0.2) is 35.8 Å². The van der Waals surface area contributed by atoms with E-state index in [1.807, 2.05) is 0 Å². The standard InChI is InChI=1S/C13H12BrFN2O4/c1-6(18)16-4-11-12-17(13(19)21-11)5-7-2-8(14)9(15)3-10(7)20-12/h2-3,11-12H,4-5H2,1H3,(H,16,18)/t11-,12-/m0/s1. The molecule has 0 bridgehead atoms. The number of fused-ring (bicyclic) bond motifs is 2. The smallest absolute Gasteiger partial charge is 0.413 e. The monoisotopic (exact) mass is 358 g/mol. The van der Waals surface area contributed by atoms with E-state index >= 15 is 0 Å². The van der Waals surface area contributed by atoms with Crippen LogP contribution in [0, 0.1) is 5.82 Å². The highest BCUT2D eigenvalue weighted by Gasteiger charge is 2.46. The molecular weight excluding hydrogens is 347 g/mol. The van der Waals surface area contributed by atoms with Crippen LogP contribution in [0.3, 0.4) is 0 Å². The van der Waals surface area contributed by atoms with Gasteiger partial charge >= 0.3 is 6.09 Å². The summed E-state index contributed by atoms with van der Waals surface area (Å²) in [6.45, 7) is 1.79. The van der Waals surface area contributed by atoms with Crippen LogP contribution in [0.1, 0.15) is 12.5 Å². The van der Waals surface area contributed by atoms with E-state index < -0.39 is 24.2 Å². The molecule has 2 atom stereocenters. The Hall–Kier alpha value is -1.83. The van der Waals surface area contributed by atoms with Crippen LogP contribution in [0.25, 0.3) is 0 Å². The first-order chi connectivity index (χ1) is 9.95. The molecule has 0 radical (unpaired) electrons. The lowest BCUT2D eigenvalue weighted by Gasteiger charge is -2.31. The molecule has 3 rings (SSSR count). The lowest BCUT2D eigenvalue weighted by molar-refractivity contribution is -0.119. The minimum atomic E-state index is -0.669. The Bertz CT molecular complexity index is 624. The van der Waals surface area contributed by atoms with Crippen molar-refractivity contribution in [2.45, 2.75) is 25.8 Å². The molecule has 0 saturated carbocycles. The van der Waals surface area contributed by atoms with E-state index in [0.717, 1.165) is 0 Å². The van der Waals surface area contributed by atoms with E-state index in [1.165, 1.54) is 17.9 Å². The van der Waals surface area contributed by atoms with Gasteiger partial charge in [-0.05, 0) is 22.0 Å². The molecule has 112 valence electrons. The van der Waals surface area contributed by atoms with Crippen LogP contribution in [-0.2, 0) is 16.1 Å². The Morgan fingerprint density at radius 1 is 1.52 bits per heavy atom. The summed E-state index contributed by atoms with van der Waals surface area (Å²) in [5.41, 5.74) is 0.691. The van der Waals surface area contributed by atoms with Gasteiger partial charge in [-0.25, -0.2) is 9.18 Å². The second-order valence-electron chi connectivity index (χ2n) is 4.87. The third kappa shape index (κ3) is 2.55. The van der Waals surface area contributed by atoms with Crippen LogP contribution < -0.4 is 10.1 Å². The van der Waals surface area contributed by atoms with Crippen molar-refractivity contribution in [2.24, 2.45) is 0 Å². The maximum absolute atomic E-state index is 13.6. The summed E-state index contributed by atoms with van der Waals surface area (Å²) in [5, 5.41) is 2.58. The lowest BCUT2D eigenvalue weighted by Crippen LogP contribution is -2.47. The lowest BCUT2D eigenvalue weighted by atomic mass is 10.1. The largest absolute Gasteiger partial charge is 0.466 e. The first-order valence-electron chi connectivity index (χ1n) is 6.32. The second kappa shape index (κ2) is 5.18. The molecule has 1 aromatic carbocycles. The molecule has 1 aromatic rings. The second-order valence-corrected chi connectivity index (χ2v) is 5.72. The van der Waals surface area contributed by atoms with Crippen molar-refractivity contribution < 1.29 is 23.5 Å². The van der Waals surface area contributed by atoms with Gasteiger partial charge in [-0.1, -0.05) is 0 Å². The molecular formula is C13H12BrFN2O4. The fourth-order valence-corrected chi connectivity index (χ4v) is 2.75. The molecule has 0 spiro atoms. The van der Waals surface area contributed by atoms with Crippen LogP contribution in [0.2, 0.25) is 0 Å². The average molecular weight is 359 g/mol. The Morgan fingerprint density at radius 3 is 3.00 bits per heavy atom. The van der Waals surface area contributed by atoms with E-state index in [1.54, 1.807) is 6.07 Å². The third-order valence-corrected chi connectivity index (χ3v) is 3.96. The van der Waals surface area contributed by atoms with Crippen LogP contribution in [0.5, 0.6) is 5.75 Å². The van der Waals surface area contributed by atoms with Gasteiger partial charge in [0.2, 0.25) is 12.1 Å². The van der Waals surface area contributed by atoms with Gasteiger partial charge in [0.05, 0.1) is 17.6 Å². The molecule has 2 amide bonds. The zero-order valence-electron chi connectivity index (χ0n) is 11.1. The van der Waals surface area contributed by atoms with Gasteiger partial charge in [-0.15, -0.1) is 0 Å². The topological polar surface area (TPSA) is 67.9 Å². The first-order valence-corrected chi connectivity index (χ1v) is 7.11. The van der Waals surface area contributed by atoms with Gasteiger partial charge in [0.15, 0.2) is 6.10 Å². The summed E-state index contributed by atoms with van der Waals surface area (Å²) >= 11 is 3.10. The summed E-state index contributed by atoms with van der Waals surface area (Å²) in [7, 11) is 0. The number of nitrogens with one attached hydrogen (secondary N) is 1. The zero-order valence-corrected chi connectivity index (χ0v) is 12.6. The number of hydrogen-bond acceptors (Lipinski definition) is 4. The van der Waals surface area contributed by atoms with Crippen LogP contribution in [0.4, 0.5) is 9.18 Å². The molecule has 0 unspecified atom stereocenters. The van der Waals surface area contributed by atoms with Crippen molar-refractivity contribution >= 4 is 27.9 Å². The van der Waals surface area contributed by atoms with Gasteiger partial charge in [-0.2, -0.15) is 0 Å². The zero-order chi connectivity index (χ0) is 15.1. The summed E-state index contributed by atoms with van der Waals surface area (Å²) in [6.07, 6.45) is -1.81. The van der Waals surface area contributed by atoms with E-state index in [9.17, 15) is 14.0 Å². The van der Waals surface area contributed by atoms with Gasteiger partial charge in [0, 0.05) is 18.6 Å². The number of amides is 2. The van der Waals surface area contributed by atoms with Crippen molar-refractivity contribution in [1.82, 2.24) is 10.2 Å². The Balaban J connectivity index is 1.85. The molecule has 2 heterocycles. The SMILES string of the molecule is CC(=O)NC[C@@H]1OC(=O)N2Cc3cc(Br)c(F)cc3O[C@@H]12. The number of ether oxygens (including phenoxy) is 2. The molecule has 0 aliphatic carbocycles. The summed E-state index contributed by atoms with van der Waals surface area (Å²) in [5.74, 6) is -0.287. The highest BCUT2D eigenvalue weighted by atomic mass is 79.9. The van der Waals surface area contributed by atoms with E-state index in [2.05, 4.69) is 21.2 Å². The number of halogens is 2. The van der Waals surface area contributed by atoms with Crippen molar-refractivity contribution in [3.05, 3.63) is 28.0 Å². The Morgan fingerprint density at radius 2 is 2.29 bits per heavy atom. The molecule has 21 heavy (non-hydrogen) atoms. The number of nitrogens with zero attached hydrogens (tertiary/aromatic N) is 1. The Labute approximate surface area is 128 Å². The molecule has 8 heteroatoms. The molecule has 1 N–H and O–H groups in total. The molecule has 1 saturated heterocycles. The summed E-state index contributed by atoms with van der Waals surface area (Å²) in [4.78, 5) is 24.2. The van der Waals surface area contributed by atoms with Crippen molar-refractivity contribution in [1.29, 1.82) is 0 Å². The third-order valence-electron chi connectivity index (χ3n) is 3.36. The highest BCUT2D eigenvalue weighted by molar-refractivity contribution is 9.10. The fraction of sp³-hybridized carbons (Fsp3) is 0.385. The number of carbonyl (C=O) groups excluding carboxylic acids is 2. The van der Waals surface area contributed by atoms with Gasteiger partial charge < -0.3 is 14.8 Å². The van der Waals surface area contributed by atoms with Crippen LogP contribution >= 0.6 is 15.9 Å². The molecule has 2 aliphatic rings. The van der Waals surface area contributed by atoms with Gasteiger partial charge in [0.1, 0.15) is 11.6 Å². The minimum Gasteiger partial charge on any atom is -0.466 e. The minimum absolute atomic E-state index is 0.149. The molecule has 6 nitrogen and oxygen atoms in total. The highest BCUT2D eigenvalue weighted by Crippen LogP contribution is 2.36. The number of hydrogen-bond donors (Lipinski definition) is 1. The maximum Gasteiger partial charge on any atom is 0.413 e.